The monoisotopic (exact) mass is 953 g/mol. The summed E-state index contributed by atoms with van der Waals surface area (Å²) < 4.78 is 62.0. The smallest absolute Gasteiger partial charge is 0.508 e. The van der Waals surface area contributed by atoms with Crippen molar-refractivity contribution in [2.75, 3.05) is 31.7 Å². The van der Waals surface area contributed by atoms with Gasteiger partial charge >= 0.3 is 6.36 Å². The number of alkyl halides is 3. The molecule has 67 heavy (non-hydrogen) atoms. The van der Waals surface area contributed by atoms with Crippen molar-refractivity contribution in [3.63, 3.8) is 0 Å². The van der Waals surface area contributed by atoms with E-state index in [4.69, 9.17) is 37.4 Å². The van der Waals surface area contributed by atoms with E-state index in [0.29, 0.717) is 28.5 Å². The standard InChI is InChI=1S/C50H40Cl2F3N3O9/c1-64-31-13-8-28(9-14-31)49-38(46(61)58(48(49)63)56-40-19-10-29(51)23-39(40)52)25-36-34(44(49)37-24-33(15-20-41(37)59)67-50(53,54)55)17-18-35-43(36)47(62)57(45(35)60)30-11-5-26(6-12-30)4-7-27-22-32(65-2)16-21-42(27)66-3/h4-17,19-24,35-36,38,43-44,56,59H,18,25H2,1-3H3. The van der Waals surface area contributed by atoms with Gasteiger partial charge in [0.05, 0.1) is 60.9 Å². The lowest BCUT2D eigenvalue weighted by atomic mass is 9.49. The lowest BCUT2D eigenvalue weighted by Gasteiger charge is -2.50. The zero-order valence-electron chi connectivity index (χ0n) is 35.8. The number of benzene rings is 5. The number of phenolic OH excluding ortho intramolecular Hbond substituents is 1. The Labute approximate surface area is 392 Å². The number of ether oxygens (including phenoxy) is 4. The number of fused-ring (bicyclic) bond motifs is 4. The molecule has 6 unspecified atom stereocenters. The topological polar surface area (TPSA) is 144 Å². The number of hydrazine groups is 1. The van der Waals surface area contributed by atoms with Gasteiger partial charge in [-0.1, -0.05) is 71.3 Å². The van der Waals surface area contributed by atoms with Crippen LogP contribution in [-0.4, -0.2) is 61.4 Å². The largest absolute Gasteiger partial charge is 0.573 e. The fraction of sp³-hybridized carbons (Fsp3) is 0.240. The molecular weight excluding hydrogens is 914 g/mol. The number of nitrogens with zero attached hydrogens (tertiary/aromatic N) is 2. The molecule has 2 aliphatic carbocycles. The predicted molar refractivity (Wildman–Crippen MR) is 243 cm³/mol. The molecule has 2 saturated heterocycles. The molecule has 5 aromatic carbocycles. The summed E-state index contributed by atoms with van der Waals surface area (Å²) in [6.45, 7) is 0. The third-order valence-corrected chi connectivity index (χ3v) is 13.7. The van der Waals surface area contributed by atoms with Crippen LogP contribution in [0.5, 0.6) is 28.7 Å². The molecule has 0 spiro atoms. The molecule has 5 aromatic rings. The lowest BCUT2D eigenvalue weighted by Crippen LogP contribution is -2.53. The van der Waals surface area contributed by atoms with E-state index >= 15 is 9.59 Å². The van der Waals surface area contributed by atoms with E-state index < -0.39 is 76.5 Å². The Balaban J connectivity index is 1.15. The van der Waals surface area contributed by atoms with Gasteiger partial charge in [0.2, 0.25) is 11.8 Å². The van der Waals surface area contributed by atoms with Gasteiger partial charge in [-0.25, -0.2) is 0 Å². The summed E-state index contributed by atoms with van der Waals surface area (Å²) in [6.07, 6.45) is 0.126. The molecule has 0 radical (unpaired) electrons. The third kappa shape index (κ3) is 7.79. The Kier molecular flexibility index (Phi) is 11.7. The first kappa shape index (κ1) is 45.2. The Morgan fingerprint density at radius 3 is 2.13 bits per heavy atom. The van der Waals surface area contributed by atoms with E-state index in [9.17, 15) is 27.9 Å². The fourth-order valence-corrected chi connectivity index (χ4v) is 10.7. The van der Waals surface area contributed by atoms with Gasteiger partial charge in [0, 0.05) is 22.1 Å². The number of hydrogen-bond acceptors (Lipinski definition) is 10. The van der Waals surface area contributed by atoms with Crippen LogP contribution in [0.25, 0.3) is 12.2 Å². The van der Waals surface area contributed by atoms with Crippen LogP contribution in [0.3, 0.4) is 0 Å². The zero-order chi connectivity index (χ0) is 47.5. The molecule has 17 heteroatoms. The number of allylic oxidation sites excluding steroid dienone is 2. The highest BCUT2D eigenvalue weighted by Crippen LogP contribution is 2.65. The first-order valence-corrected chi connectivity index (χ1v) is 21.7. The number of carbonyl (C=O) groups excluding carboxylic acids is 4. The van der Waals surface area contributed by atoms with E-state index in [1.807, 2.05) is 18.2 Å². The second-order valence-electron chi connectivity index (χ2n) is 16.5. The molecule has 2 heterocycles. The van der Waals surface area contributed by atoms with Gasteiger partial charge in [-0.3, -0.25) is 29.5 Å². The molecule has 3 fully saturated rings. The molecule has 0 aromatic heterocycles. The van der Waals surface area contributed by atoms with Crippen LogP contribution in [0, 0.1) is 23.7 Å². The highest BCUT2D eigenvalue weighted by molar-refractivity contribution is 6.36. The van der Waals surface area contributed by atoms with Crippen molar-refractivity contribution in [1.29, 1.82) is 0 Å². The maximum absolute atomic E-state index is 15.6. The Morgan fingerprint density at radius 1 is 0.761 bits per heavy atom. The number of rotatable bonds is 11. The number of imide groups is 2. The van der Waals surface area contributed by atoms with Crippen molar-refractivity contribution in [2.45, 2.75) is 30.5 Å². The van der Waals surface area contributed by atoms with Gasteiger partial charge in [-0.2, -0.15) is 5.01 Å². The molecule has 0 bridgehead atoms. The maximum Gasteiger partial charge on any atom is 0.573 e. The summed E-state index contributed by atoms with van der Waals surface area (Å²) in [6, 6.07) is 25.8. The number of hydrogen-bond donors (Lipinski definition) is 2. The van der Waals surface area contributed by atoms with Crippen molar-refractivity contribution in [3.05, 3.63) is 147 Å². The molecule has 2 N–H and O–H groups in total. The van der Waals surface area contributed by atoms with Crippen molar-refractivity contribution in [2.24, 2.45) is 23.7 Å². The van der Waals surface area contributed by atoms with E-state index in [1.165, 1.54) is 25.3 Å². The molecule has 9 rings (SSSR count). The quantitative estimate of drug-likeness (QED) is 0.0746. The molecule has 6 atom stereocenters. The van der Waals surface area contributed by atoms with Crippen molar-refractivity contribution in [3.8, 4) is 28.7 Å². The fourth-order valence-electron chi connectivity index (χ4n) is 10.3. The summed E-state index contributed by atoms with van der Waals surface area (Å²) in [4.78, 5) is 61.1. The normalized spacial score (nSPS) is 23.5. The second kappa shape index (κ2) is 17.4. The molecule has 4 aliphatic rings. The maximum atomic E-state index is 15.6. The van der Waals surface area contributed by atoms with Gasteiger partial charge < -0.3 is 24.1 Å². The van der Waals surface area contributed by atoms with E-state index in [1.54, 1.807) is 81.0 Å². The summed E-state index contributed by atoms with van der Waals surface area (Å²) >= 11 is 12.7. The average molecular weight is 955 g/mol. The Bertz CT molecular complexity index is 2890. The Hall–Kier alpha value is -6.97. The lowest BCUT2D eigenvalue weighted by molar-refractivity contribution is -0.274. The average Bonchev–Trinajstić information content (AvgIpc) is 3.69. The summed E-state index contributed by atoms with van der Waals surface area (Å²) in [5, 5.41) is 12.9. The van der Waals surface area contributed by atoms with Gasteiger partial charge in [-0.15, -0.1) is 13.2 Å². The second-order valence-corrected chi connectivity index (χ2v) is 17.4. The number of anilines is 2. The van der Waals surface area contributed by atoms with Gasteiger partial charge in [0.15, 0.2) is 0 Å². The van der Waals surface area contributed by atoms with Crippen molar-refractivity contribution >= 4 is 70.4 Å². The SMILES string of the molecule is COc1ccc(C23C(=O)N(Nc4ccc(Cl)cc4Cl)C(=O)C2CC2C(=CCC4C(=O)N(c5ccc(C=Cc6cc(OC)ccc6OC)cc5)C(=O)C42)C3c2cc(OC(F)(F)F)ccc2O)cc1. The van der Waals surface area contributed by atoms with E-state index in [0.717, 1.165) is 39.2 Å². The highest BCUT2D eigenvalue weighted by atomic mass is 35.5. The summed E-state index contributed by atoms with van der Waals surface area (Å²) in [5.74, 6) is -7.70. The van der Waals surface area contributed by atoms with Crippen LogP contribution in [0.4, 0.5) is 24.5 Å². The molecular formula is C50H40Cl2F3N3O9. The van der Waals surface area contributed by atoms with Gasteiger partial charge in [0.1, 0.15) is 28.7 Å². The van der Waals surface area contributed by atoms with E-state index in [2.05, 4.69) is 10.2 Å². The minimum Gasteiger partial charge on any atom is -0.508 e. The predicted octanol–water partition coefficient (Wildman–Crippen LogP) is 9.98. The number of carbonyl (C=O) groups is 4. The van der Waals surface area contributed by atoms with Gasteiger partial charge in [0.25, 0.3) is 11.8 Å². The summed E-state index contributed by atoms with van der Waals surface area (Å²) in [7, 11) is 4.57. The number of methoxy groups -OCH3 is 3. The number of phenols is 1. The first-order chi connectivity index (χ1) is 32.1. The zero-order valence-corrected chi connectivity index (χ0v) is 37.4. The molecule has 12 nitrogen and oxygen atoms in total. The molecule has 2 aliphatic heterocycles. The van der Waals surface area contributed by atoms with Gasteiger partial charge in [-0.05, 0) is 109 Å². The minimum atomic E-state index is -5.13. The molecule has 344 valence electrons. The first-order valence-electron chi connectivity index (χ1n) is 21.0. The van der Waals surface area contributed by atoms with Crippen LogP contribution in [-0.2, 0) is 24.6 Å². The van der Waals surface area contributed by atoms with E-state index in [-0.39, 0.29) is 39.7 Å². The van der Waals surface area contributed by atoms with Crippen LogP contribution in [0.2, 0.25) is 10.0 Å². The summed E-state index contributed by atoms with van der Waals surface area (Å²) in [5.41, 5.74) is 3.32. The van der Waals surface area contributed by atoms with Crippen LogP contribution >= 0.6 is 23.2 Å². The number of halogens is 5. The van der Waals surface area contributed by atoms with Crippen LogP contribution in [0.1, 0.15) is 41.0 Å². The van der Waals surface area contributed by atoms with Crippen molar-refractivity contribution < 1.29 is 56.4 Å². The Morgan fingerprint density at radius 2 is 1.46 bits per heavy atom. The number of amides is 4. The molecule has 1 saturated carbocycles. The van der Waals surface area contributed by atoms with Crippen molar-refractivity contribution in [1.82, 2.24) is 5.01 Å². The van der Waals surface area contributed by atoms with Crippen LogP contribution in [0.15, 0.2) is 115 Å². The highest BCUT2D eigenvalue weighted by Gasteiger charge is 2.71. The minimum absolute atomic E-state index is 0.00458. The third-order valence-electron chi connectivity index (χ3n) is 13.2. The number of aromatic hydroxyl groups is 1. The van der Waals surface area contributed by atoms with Crippen LogP contribution < -0.4 is 29.3 Å². The molecule has 4 amide bonds. The number of nitrogens with one attached hydrogen (secondary N) is 1.